The van der Waals surface area contributed by atoms with E-state index < -0.39 is 0 Å². The molecule has 0 aliphatic heterocycles. The summed E-state index contributed by atoms with van der Waals surface area (Å²) in [6.07, 6.45) is 2.64. The first-order valence-electron chi connectivity index (χ1n) is 5.91. The quantitative estimate of drug-likeness (QED) is 0.813. The number of hydrogen-bond acceptors (Lipinski definition) is 3. The van der Waals surface area contributed by atoms with E-state index >= 15 is 0 Å². The van der Waals surface area contributed by atoms with E-state index in [1.165, 1.54) is 11.3 Å². The number of rotatable bonds is 5. The number of hydrogen-bond donors (Lipinski definition) is 1. The predicted molar refractivity (Wildman–Crippen MR) is 83.7 cm³/mol. The van der Waals surface area contributed by atoms with Gasteiger partial charge in [0.1, 0.15) is 0 Å². The molecule has 0 fully saturated rings. The van der Waals surface area contributed by atoms with Crippen LogP contribution >= 0.6 is 46.1 Å². The van der Waals surface area contributed by atoms with Crippen molar-refractivity contribution in [1.29, 1.82) is 0 Å². The molecule has 0 saturated carbocycles. The maximum atomic E-state index is 6.24. The Morgan fingerprint density at radius 1 is 1.32 bits per heavy atom. The van der Waals surface area contributed by atoms with Crippen molar-refractivity contribution in [1.82, 2.24) is 10.3 Å². The Labute approximate surface area is 131 Å². The topological polar surface area (TPSA) is 24.9 Å². The summed E-state index contributed by atoms with van der Waals surface area (Å²) >= 11 is 19.7. The first-order chi connectivity index (χ1) is 9.11. The first-order valence-corrected chi connectivity index (χ1v) is 7.86. The lowest BCUT2D eigenvalue weighted by Crippen LogP contribution is -2.23. The van der Waals surface area contributed by atoms with Crippen LogP contribution in [0.3, 0.4) is 0 Å². The summed E-state index contributed by atoms with van der Waals surface area (Å²) in [5.74, 6) is 0. The van der Waals surface area contributed by atoms with Crippen LogP contribution in [0.5, 0.6) is 0 Å². The van der Waals surface area contributed by atoms with Gasteiger partial charge in [0.25, 0.3) is 0 Å². The molecule has 0 aromatic carbocycles. The molecule has 102 valence electrons. The number of pyridine rings is 1. The average molecular weight is 336 g/mol. The Balaban J connectivity index is 2.36. The lowest BCUT2D eigenvalue weighted by atomic mass is 10.1. The third-order valence-corrected chi connectivity index (χ3v) is 4.39. The standard InChI is InChI=1S/C13H13Cl3N2S/c1-2-5-17-13(10-3-4-11(16)19-10)12-9(15)6-8(14)7-18-12/h3-4,6-7,13,17H,2,5H2,1H3. The number of halogens is 3. The maximum absolute atomic E-state index is 6.24. The van der Waals surface area contributed by atoms with Crippen molar-refractivity contribution in [2.75, 3.05) is 6.54 Å². The van der Waals surface area contributed by atoms with Gasteiger partial charge in [-0.15, -0.1) is 11.3 Å². The number of nitrogens with zero attached hydrogens (tertiary/aromatic N) is 1. The molecular formula is C13H13Cl3N2S. The van der Waals surface area contributed by atoms with Gasteiger partial charge in [0.2, 0.25) is 0 Å². The van der Waals surface area contributed by atoms with Crippen molar-refractivity contribution in [2.45, 2.75) is 19.4 Å². The van der Waals surface area contributed by atoms with Crippen LogP contribution in [0.25, 0.3) is 0 Å². The maximum Gasteiger partial charge on any atom is 0.0931 e. The van der Waals surface area contributed by atoms with Gasteiger partial charge < -0.3 is 5.32 Å². The van der Waals surface area contributed by atoms with Gasteiger partial charge in [-0.3, -0.25) is 4.98 Å². The molecule has 0 bridgehead atoms. The minimum Gasteiger partial charge on any atom is -0.304 e. The largest absolute Gasteiger partial charge is 0.304 e. The van der Waals surface area contributed by atoms with Crippen molar-refractivity contribution in [3.63, 3.8) is 0 Å². The first kappa shape index (κ1) is 15.1. The van der Waals surface area contributed by atoms with E-state index in [0.717, 1.165) is 27.9 Å². The van der Waals surface area contributed by atoms with Crippen LogP contribution in [0.2, 0.25) is 14.4 Å². The highest BCUT2D eigenvalue weighted by atomic mass is 35.5. The summed E-state index contributed by atoms with van der Waals surface area (Å²) in [7, 11) is 0. The predicted octanol–water partition coefficient (Wildman–Crippen LogP) is 5.19. The van der Waals surface area contributed by atoms with Crippen LogP contribution in [0.1, 0.15) is 30.0 Å². The molecule has 2 aromatic rings. The molecule has 2 aromatic heterocycles. The summed E-state index contributed by atoms with van der Waals surface area (Å²) in [5, 5.41) is 4.53. The summed E-state index contributed by atoms with van der Waals surface area (Å²) in [6.45, 7) is 2.99. The monoisotopic (exact) mass is 334 g/mol. The van der Waals surface area contributed by atoms with Crippen LogP contribution in [-0.2, 0) is 0 Å². The van der Waals surface area contributed by atoms with Crippen molar-refractivity contribution < 1.29 is 0 Å². The molecule has 2 heterocycles. The molecular weight excluding hydrogens is 323 g/mol. The third-order valence-electron chi connectivity index (χ3n) is 2.59. The van der Waals surface area contributed by atoms with Crippen molar-refractivity contribution in [2.24, 2.45) is 0 Å². The third kappa shape index (κ3) is 3.83. The van der Waals surface area contributed by atoms with Crippen LogP contribution in [-0.4, -0.2) is 11.5 Å². The summed E-state index contributed by atoms with van der Waals surface area (Å²) < 4.78 is 0.753. The number of thiophene rings is 1. The van der Waals surface area contributed by atoms with Crippen LogP contribution < -0.4 is 5.32 Å². The lowest BCUT2D eigenvalue weighted by Gasteiger charge is -2.17. The zero-order chi connectivity index (χ0) is 13.8. The molecule has 19 heavy (non-hydrogen) atoms. The SMILES string of the molecule is CCCNC(c1ccc(Cl)s1)c1ncc(Cl)cc1Cl. The zero-order valence-electron chi connectivity index (χ0n) is 10.3. The lowest BCUT2D eigenvalue weighted by molar-refractivity contribution is 0.594. The van der Waals surface area contributed by atoms with E-state index in [2.05, 4.69) is 17.2 Å². The highest BCUT2D eigenvalue weighted by Gasteiger charge is 2.19. The zero-order valence-corrected chi connectivity index (χ0v) is 13.4. The Bertz CT molecular complexity index is 557. The van der Waals surface area contributed by atoms with E-state index in [1.807, 2.05) is 12.1 Å². The average Bonchev–Trinajstić information content (AvgIpc) is 2.78. The van der Waals surface area contributed by atoms with Gasteiger partial charge in [-0.1, -0.05) is 41.7 Å². The molecule has 2 rings (SSSR count). The molecule has 0 aliphatic rings. The molecule has 6 heteroatoms. The summed E-state index contributed by atoms with van der Waals surface area (Å²) in [5.41, 5.74) is 0.776. The Hall–Kier alpha value is -0.320. The molecule has 0 spiro atoms. The normalized spacial score (nSPS) is 12.6. The fraction of sp³-hybridized carbons (Fsp3) is 0.308. The van der Waals surface area contributed by atoms with E-state index in [9.17, 15) is 0 Å². The van der Waals surface area contributed by atoms with E-state index in [0.29, 0.717) is 10.0 Å². The Morgan fingerprint density at radius 2 is 2.11 bits per heavy atom. The second-order valence-corrected chi connectivity index (χ2v) is 6.64. The Morgan fingerprint density at radius 3 is 2.68 bits per heavy atom. The van der Waals surface area contributed by atoms with Gasteiger partial charge in [0.05, 0.1) is 26.1 Å². The summed E-state index contributed by atoms with van der Waals surface area (Å²) in [4.78, 5) is 5.45. The smallest absolute Gasteiger partial charge is 0.0931 e. The number of nitrogens with one attached hydrogen (secondary N) is 1. The van der Waals surface area contributed by atoms with Crippen molar-refractivity contribution in [3.8, 4) is 0 Å². The van der Waals surface area contributed by atoms with Gasteiger partial charge in [0, 0.05) is 11.1 Å². The van der Waals surface area contributed by atoms with Crippen LogP contribution in [0.4, 0.5) is 0 Å². The van der Waals surface area contributed by atoms with Crippen LogP contribution in [0, 0.1) is 0 Å². The highest BCUT2D eigenvalue weighted by Crippen LogP contribution is 2.33. The molecule has 0 saturated heterocycles. The van der Waals surface area contributed by atoms with Crippen molar-refractivity contribution >= 4 is 46.1 Å². The molecule has 1 atom stereocenters. The summed E-state index contributed by atoms with van der Waals surface area (Å²) in [6, 6.07) is 5.53. The molecule has 0 amide bonds. The van der Waals surface area contributed by atoms with Gasteiger partial charge >= 0.3 is 0 Å². The number of aromatic nitrogens is 1. The van der Waals surface area contributed by atoms with Crippen molar-refractivity contribution in [3.05, 3.63) is 49.3 Å². The minimum absolute atomic E-state index is 0.0535. The van der Waals surface area contributed by atoms with Gasteiger partial charge in [-0.25, -0.2) is 0 Å². The van der Waals surface area contributed by atoms with E-state index in [4.69, 9.17) is 34.8 Å². The minimum atomic E-state index is -0.0535. The molecule has 0 radical (unpaired) electrons. The highest BCUT2D eigenvalue weighted by molar-refractivity contribution is 7.16. The Kier molecular flexibility index (Phi) is 5.48. The second-order valence-electron chi connectivity index (χ2n) is 4.05. The molecule has 1 unspecified atom stereocenters. The fourth-order valence-electron chi connectivity index (χ4n) is 1.74. The molecule has 0 aliphatic carbocycles. The molecule has 1 N–H and O–H groups in total. The fourth-order valence-corrected chi connectivity index (χ4v) is 3.37. The van der Waals surface area contributed by atoms with Gasteiger partial charge in [0.15, 0.2) is 0 Å². The second kappa shape index (κ2) is 6.91. The van der Waals surface area contributed by atoms with Gasteiger partial charge in [-0.2, -0.15) is 0 Å². The molecule has 2 nitrogen and oxygen atoms in total. The van der Waals surface area contributed by atoms with E-state index in [1.54, 1.807) is 12.3 Å². The van der Waals surface area contributed by atoms with E-state index in [-0.39, 0.29) is 6.04 Å². The van der Waals surface area contributed by atoms with Gasteiger partial charge in [-0.05, 0) is 31.2 Å². The van der Waals surface area contributed by atoms with Crippen LogP contribution in [0.15, 0.2) is 24.4 Å².